The maximum Gasteiger partial charge on any atom is 0.264 e. The Labute approximate surface area is 145 Å². The Hall–Kier alpha value is -2.40. The number of hydrogen-bond acceptors (Lipinski definition) is 4. The van der Waals surface area contributed by atoms with Gasteiger partial charge in [-0.2, -0.15) is 0 Å². The van der Waals surface area contributed by atoms with E-state index in [-0.39, 0.29) is 12.5 Å². The van der Waals surface area contributed by atoms with Crippen LogP contribution in [-0.4, -0.2) is 17.5 Å². The van der Waals surface area contributed by atoms with Gasteiger partial charge in [-0.05, 0) is 49.1 Å². The maximum atomic E-state index is 12.1. The van der Waals surface area contributed by atoms with Crippen LogP contribution in [0.2, 0.25) is 0 Å². The molecule has 5 heteroatoms. The van der Waals surface area contributed by atoms with E-state index in [1.807, 2.05) is 31.2 Å². The van der Waals surface area contributed by atoms with E-state index in [1.165, 1.54) is 16.9 Å². The quantitative estimate of drug-likeness (QED) is 0.744. The predicted octanol–water partition coefficient (Wildman–Crippen LogP) is 4.49. The number of benzene rings is 2. The predicted molar refractivity (Wildman–Crippen MR) is 99.0 cm³/mol. The van der Waals surface area contributed by atoms with Gasteiger partial charge in [0.25, 0.3) is 5.91 Å². The summed E-state index contributed by atoms with van der Waals surface area (Å²) < 4.78 is 6.73. The molecule has 1 N–H and O–H groups in total. The zero-order valence-corrected chi connectivity index (χ0v) is 14.9. The van der Waals surface area contributed by atoms with Gasteiger partial charge in [0.15, 0.2) is 11.7 Å². The average molecular weight is 340 g/mol. The molecular formula is C19H20N2O2S. The molecule has 0 saturated carbocycles. The zero-order chi connectivity index (χ0) is 17.1. The SMILES string of the molecule is CCc1ccccc1OCC(=O)Nc1nc2c(C)cc(C)cc2s1. The van der Waals surface area contributed by atoms with Crippen LogP contribution in [0.15, 0.2) is 36.4 Å². The maximum absolute atomic E-state index is 12.1. The molecule has 1 heterocycles. The summed E-state index contributed by atoms with van der Waals surface area (Å²) in [6.45, 7) is 6.13. The van der Waals surface area contributed by atoms with Crippen LogP contribution in [0.4, 0.5) is 5.13 Å². The van der Waals surface area contributed by atoms with Crippen molar-refractivity contribution in [2.24, 2.45) is 0 Å². The number of ether oxygens (including phenoxy) is 1. The number of fused-ring (bicyclic) bond motifs is 1. The molecule has 0 saturated heterocycles. The zero-order valence-electron chi connectivity index (χ0n) is 14.1. The number of thiazole rings is 1. The van der Waals surface area contributed by atoms with Crippen molar-refractivity contribution in [1.29, 1.82) is 0 Å². The van der Waals surface area contributed by atoms with Crippen molar-refractivity contribution in [2.45, 2.75) is 27.2 Å². The van der Waals surface area contributed by atoms with Crippen molar-refractivity contribution in [3.05, 3.63) is 53.1 Å². The third-order valence-electron chi connectivity index (χ3n) is 3.79. The molecular weight excluding hydrogens is 320 g/mol. The van der Waals surface area contributed by atoms with E-state index in [4.69, 9.17) is 4.74 Å². The lowest BCUT2D eigenvalue weighted by atomic mass is 10.1. The van der Waals surface area contributed by atoms with E-state index in [0.717, 1.165) is 33.5 Å². The monoisotopic (exact) mass is 340 g/mol. The summed E-state index contributed by atoms with van der Waals surface area (Å²) in [6, 6.07) is 12.0. The van der Waals surface area contributed by atoms with Crippen LogP contribution in [0.1, 0.15) is 23.6 Å². The van der Waals surface area contributed by atoms with Gasteiger partial charge in [0.05, 0.1) is 10.2 Å². The van der Waals surface area contributed by atoms with E-state index in [1.54, 1.807) is 0 Å². The second-order valence-corrected chi connectivity index (χ2v) is 6.78. The number of carbonyl (C=O) groups is 1. The van der Waals surface area contributed by atoms with E-state index in [9.17, 15) is 4.79 Å². The Morgan fingerprint density at radius 2 is 2.04 bits per heavy atom. The first-order valence-electron chi connectivity index (χ1n) is 7.95. The Morgan fingerprint density at radius 3 is 2.83 bits per heavy atom. The van der Waals surface area contributed by atoms with Crippen molar-refractivity contribution in [3.63, 3.8) is 0 Å². The Morgan fingerprint density at radius 1 is 1.25 bits per heavy atom. The molecule has 0 aliphatic carbocycles. The first-order valence-corrected chi connectivity index (χ1v) is 8.77. The highest BCUT2D eigenvalue weighted by atomic mass is 32.1. The van der Waals surface area contributed by atoms with E-state index >= 15 is 0 Å². The highest BCUT2D eigenvalue weighted by molar-refractivity contribution is 7.22. The largest absolute Gasteiger partial charge is 0.483 e. The van der Waals surface area contributed by atoms with Crippen molar-refractivity contribution in [1.82, 2.24) is 4.98 Å². The van der Waals surface area contributed by atoms with Gasteiger partial charge < -0.3 is 4.74 Å². The summed E-state index contributed by atoms with van der Waals surface area (Å²) in [5.41, 5.74) is 4.35. The average Bonchev–Trinajstić information content (AvgIpc) is 2.95. The summed E-state index contributed by atoms with van der Waals surface area (Å²) in [5, 5.41) is 3.44. The summed E-state index contributed by atoms with van der Waals surface area (Å²) in [6.07, 6.45) is 0.869. The minimum Gasteiger partial charge on any atom is -0.483 e. The number of nitrogens with zero attached hydrogens (tertiary/aromatic N) is 1. The number of rotatable bonds is 5. The lowest BCUT2D eigenvalue weighted by molar-refractivity contribution is -0.118. The molecule has 0 spiro atoms. The van der Waals surface area contributed by atoms with Crippen molar-refractivity contribution < 1.29 is 9.53 Å². The van der Waals surface area contributed by atoms with Gasteiger partial charge in [0.1, 0.15) is 5.75 Å². The van der Waals surface area contributed by atoms with Gasteiger partial charge in [-0.25, -0.2) is 4.98 Å². The van der Waals surface area contributed by atoms with Gasteiger partial charge in [-0.1, -0.05) is 42.5 Å². The standard InChI is InChI=1S/C19H20N2O2S/c1-4-14-7-5-6-8-15(14)23-11-17(22)20-19-21-18-13(3)9-12(2)10-16(18)24-19/h5-10H,4,11H2,1-3H3,(H,20,21,22). The third kappa shape index (κ3) is 3.57. The molecule has 3 aromatic rings. The molecule has 0 atom stereocenters. The highest BCUT2D eigenvalue weighted by Crippen LogP contribution is 2.29. The lowest BCUT2D eigenvalue weighted by Gasteiger charge is -2.09. The molecule has 0 aliphatic heterocycles. The van der Waals surface area contributed by atoms with E-state index in [2.05, 4.69) is 36.3 Å². The number of carbonyl (C=O) groups excluding carboxylic acids is 1. The highest BCUT2D eigenvalue weighted by Gasteiger charge is 2.11. The smallest absolute Gasteiger partial charge is 0.264 e. The number of aromatic nitrogens is 1. The van der Waals surface area contributed by atoms with E-state index in [0.29, 0.717) is 5.13 Å². The molecule has 4 nitrogen and oxygen atoms in total. The fraction of sp³-hybridized carbons (Fsp3) is 0.263. The Balaban J connectivity index is 1.68. The van der Waals surface area contributed by atoms with Crippen LogP contribution >= 0.6 is 11.3 Å². The first-order chi connectivity index (χ1) is 11.6. The van der Waals surface area contributed by atoms with Crippen LogP contribution in [0.25, 0.3) is 10.2 Å². The number of hydrogen-bond donors (Lipinski definition) is 1. The summed E-state index contributed by atoms with van der Waals surface area (Å²) in [4.78, 5) is 16.7. The number of para-hydroxylation sites is 1. The van der Waals surface area contributed by atoms with Crippen LogP contribution in [-0.2, 0) is 11.2 Å². The van der Waals surface area contributed by atoms with Crippen molar-refractivity contribution in [2.75, 3.05) is 11.9 Å². The first kappa shape index (κ1) is 16.5. The second kappa shape index (κ2) is 7.01. The summed E-state index contributed by atoms with van der Waals surface area (Å²) >= 11 is 1.48. The molecule has 1 aromatic heterocycles. The van der Waals surface area contributed by atoms with Gasteiger partial charge in [0.2, 0.25) is 0 Å². The van der Waals surface area contributed by atoms with Crippen LogP contribution < -0.4 is 10.1 Å². The molecule has 1 amide bonds. The molecule has 3 rings (SSSR count). The number of amides is 1. The topological polar surface area (TPSA) is 51.2 Å². The molecule has 124 valence electrons. The Bertz CT molecular complexity index is 886. The van der Waals surface area contributed by atoms with Crippen LogP contribution in [0.3, 0.4) is 0 Å². The van der Waals surface area contributed by atoms with Gasteiger partial charge in [-0.15, -0.1) is 0 Å². The third-order valence-corrected chi connectivity index (χ3v) is 4.71. The number of anilines is 1. The summed E-state index contributed by atoms with van der Waals surface area (Å²) in [7, 11) is 0. The van der Waals surface area contributed by atoms with E-state index < -0.39 is 0 Å². The van der Waals surface area contributed by atoms with Gasteiger partial charge >= 0.3 is 0 Å². The minimum atomic E-state index is -0.200. The molecule has 0 radical (unpaired) electrons. The lowest BCUT2D eigenvalue weighted by Crippen LogP contribution is -2.20. The van der Waals surface area contributed by atoms with Crippen molar-refractivity contribution in [3.8, 4) is 5.75 Å². The minimum absolute atomic E-state index is 0.0229. The normalized spacial score (nSPS) is 10.8. The molecule has 0 fully saturated rings. The fourth-order valence-electron chi connectivity index (χ4n) is 2.66. The van der Waals surface area contributed by atoms with Crippen LogP contribution in [0.5, 0.6) is 5.75 Å². The van der Waals surface area contributed by atoms with Crippen molar-refractivity contribution >= 4 is 32.6 Å². The molecule has 0 bridgehead atoms. The Kier molecular flexibility index (Phi) is 4.81. The molecule has 24 heavy (non-hydrogen) atoms. The number of aryl methyl sites for hydroxylation is 3. The van der Waals surface area contributed by atoms with Crippen LogP contribution in [0, 0.1) is 13.8 Å². The van der Waals surface area contributed by atoms with Gasteiger partial charge in [0, 0.05) is 0 Å². The molecule has 0 unspecified atom stereocenters. The second-order valence-electron chi connectivity index (χ2n) is 5.75. The number of nitrogens with one attached hydrogen (secondary N) is 1. The fourth-order valence-corrected chi connectivity index (χ4v) is 3.72. The van der Waals surface area contributed by atoms with Gasteiger partial charge in [-0.3, -0.25) is 10.1 Å². The summed E-state index contributed by atoms with van der Waals surface area (Å²) in [5.74, 6) is 0.556. The molecule has 2 aromatic carbocycles. The molecule has 0 aliphatic rings.